The molecule has 0 bridgehead atoms. The van der Waals surface area contributed by atoms with Crippen molar-refractivity contribution in [3.63, 3.8) is 0 Å². The van der Waals surface area contributed by atoms with Gasteiger partial charge in [0.15, 0.2) is 0 Å². The number of rotatable bonds is 14. The third-order valence-corrected chi connectivity index (χ3v) is 10.6. The Balaban J connectivity index is 1.35. The van der Waals surface area contributed by atoms with E-state index in [-0.39, 0.29) is 29.5 Å². The molecule has 2 aliphatic carbocycles. The first-order valence-electron chi connectivity index (χ1n) is 17.9. The van der Waals surface area contributed by atoms with Crippen LogP contribution < -0.4 is 16.0 Å². The van der Waals surface area contributed by atoms with Crippen molar-refractivity contribution in [2.24, 2.45) is 23.7 Å². The van der Waals surface area contributed by atoms with Crippen molar-refractivity contribution < 1.29 is 36.7 Å². The minimum absolute atomic E-state index is 0.0145. The van der Waals surface area contributed by atoms with Crippen LogP contribution in [0.25, 0.3) is 0 Å². The molecule has 3 aliphatic rings. The van der Waals surface area contributed by atoms with Crippen LogP contribution in [0.4, 0.5) is 23.2 Å². The monoisotopic (exact) mass is 719 g/mol. The van der Waals surface area contributed by atoms with Gasteiger partial charge in [-0.15, -0.1) is 0 Å². The highest BCUT2D eigenvalue weighted by atomic mass is 19.4. The lowest BCUT2D eigenvalue weighted by Crippen LogP contribution is -2.58. The van der Waals surface area contributed by atoms with E-state index in [1.807, 2.05) is 20.9 Å². The van der Waals surface area contributed by atoms with Crippen LogP contribution >= 0.6 is 0 Å². The molecule has 5 atom stereocenters. The largest absolute Gasteiger partial charge is 0.389 e. The number of hydrogen-bond acceptors (Lipinski definition) is 6. The zero-order chi connectivity index (χ0) is 37.2. The zero-order valence-electron chi connectivity index (χ0n) is 29.8. The van der Waals surface area contributed by atoms with Crippen molar-refractivity contribution in [3.05, 3.63) is 47.5 Å². The normalized spacial score (nSPS) is 20.7. The highest BCUT2D eigenvalue weighted by Gasteiger charge is 2.48. The minimum atomic E-state index is -4.57. The average molecular weight is 720 g/mol. The molecule has 3 fully saturated rings. The number of aromatic nitrogens is 2. The summed E-state index contributed by atoms with van der Waals surface area (Å²) in [6, 6.07) is 3.47. The zero-order valence-corrected chi connectivity index (χ0v) is 29.8. The molecule has 1 aromatic heterocycles. The number of nitrogens with one attached hydrogen (secondary N) is 3. The summed E-state index contributed by atoms with van der Waals surface area (Å²) in [6.07, 6.45) is -0.604. The van der Waals surface area contributed by atoms with Crippen LogP contribution in [0.3, 0.4) is 0 Å². The Bertz CT molecular complexity index is 1580. The van der Waals surface area contributed by atoms with E-state index in [2.05, 4.69) is 25.9 Å². The Morgan fingerprint density at radius 1 is 0.961 bits per heavy atom. The van der Waals surface area contributed by atoms with Crippen molar-refractivity contribution in [2.75, 3.05) is 32.0 Å². The van der Waals surface area contributed by atoms with E-state index in [9.17, 15) is 32.3 Å². The van der Waals surface area contributed by atoms with Crippen LogP contribution in [-0.4, -0.2) is 94.2 Å². The van der Waals surface area contributed by atoms with Crippen LogP contribution in [0.1, 0.15) is 81.8 Å². The number of aryl methyl sites for hydroxylation is 1. The lowest BCUT2D eigenvalue weighted by atomic mass is 9.88. The summed E-state index contributed by atoms with van der Waals surface area (Å²) >= 11 is 0. The van der Waals surface area contributed by atoms with Gasteiger partial charge in [-0.3, -0.25) is 23.9 Å². The average Bonchev–Trinajstić information content (AvgIpc) is 4.02. The smallest absolute Gasteiger partial charge is 0.343 e. The molecule has 51 heavy (non-hydrogen) atoms. The number of alkyl halides is 3. The summed E-state index contributed by atoms with van der Waals surface area (Å²) in [5.41, 5.74) is 0.499. The van der Waals surface area contributed by atoms with Crippen molar-refractivity contribution in [1.82, 2.24) is 30.2 Å². The summed E-state index contributed by atoms with van der Waals surface area (Å²) in [4.78, 5) is 57.7. The molecular weight excluding hydrogens is 670 g/mol. The Hall–Kier alpha value is -4.01. The molecule has 1 unspecified atom stereocenters. The number of amides is 4. The van der Waals surface area contributed by atoms with E-state index in [4.69, 9.17) is 0 Å². The van der Waals surface area contributed by atoms with Crippen LogP contribution in [0, 0.1) is 29.5 Å². The molecule has 1 aromatic carbocycles. The van der Waals surface area contributed by atoms with Gasteiger partial charge in [0.25, 0.3) is 5.91 Å². The fourth-order valence-corrected chi connectivity index (χ4v) is 7.12. The lowest BCUT2D eigenvalue weighted by molar-refractivity contribution is -0.154. The number of carbonyl (C=O) groups is 4. The standard InChI is InChI=1S/C36H49F4N7O4/c1-6-47-28(13-14-41-47)33(49)44-31(29(23-7-8-23)24-9-10-24)34(50)42-27-12-11-25(17-26(27)37)22(4)30(43-32(48)20(2)18-36(38,39)40)35(51)46-16-15-45(5)21(3)19-46/h11-14,17,20-24,29-31H,6-10,15-16,18-19H2,1-5H3,(H,42,50)(H,43,48)(H,44,49)/t20?,21-,22+,30-,31+/m1/s1. The predicted octanol–water partition coefficient (Wildman–Crippen LogP) is 4.55. The van der Waals surface area contributed by atoms with Gasteiger partial charge < -0.3 is 25.8 Å². The molecule has 3 N–H and O–H groups in total. The van der Waals surface area contributed by atoms with Crippen molar-refractivity contribution in [1.29, 1.82) is 0 Å². The van der Waals surface area contributed by atoms with Gasteiger partial charge in [0, 0.05) is 50.3 Å². The first kappa shape index (κ1) is 38.2. The number of anilines is 1. The number of halogens is 4. The number of nitrogens with zero attached hydrogens (tertiary/aromatic N) is 4. The number of hydrogen-bond donors (Lipinski definition) is 3. The summed E-state index contributed by atoms with van der Waals surface area (Å²) < 4.78 is 56.7. The van der Waals surface area contributed by atoms with E-state index in [0.717, 1.165) is 38.7 Å². The maximum Gasteiger partial charge on any atom is 0.389 e. The van der Waals surface area contributed by atoms with Crippen molar-refractivity contribution >= 4 is 29.3 Å². The Kier molecular flexibility index (Phi) is 11.8. The Morgan fingerprint density at radius 2 is 1.63 bits per heavy atom. The second-order valence-electron chi connectivity index (χ2n) is 14.6. The van der Waals surface area contributed by atoms with Gasteiger partial charge >= 0.3 is 6.18 Å². The molecule has 1 aliphatic heterocycles. The molecule has 280 valence electrons. The topological polar surface area (TPSA) is 129 Å². The van der Waals surface area contributed by atoms with Crippen LogP contribution in [0.5, 0.6) is 0 Å². The SMILES string of the molecule is CCn1nccc1C(=O)N[C@H](C(=O)Nc1ccc([C@H](C)[C@@H](NC(=O)C(C)CC(F)(F)F)C(=O)N2CCN(C)[C@H](C)C2)cc1F)C(C1CC1)C1CC1. The molecule has 2 heterocycles. The highest BCUT2D eigenvalue weighted by Crippen LogP contribution is 2.51. The molecule has 0 radical (unpaired) electrons. The third-order valence-electron chi connectivity index (χ3n) is 10.6. The highest BCUT2D eigenvalue weighted by molar-refractivity contribution is 6.01. The summed E-state index contributed by atoms with van der Waals surface area (Å²) in [6.45, 7) is 8.30. The van der Waals surface area contributed by atoms with E-state index >= 15 is 4.39 Å². The number of benzene rings is 1. The van der Waals surface area contributed by atoms with E-state index in [1.54, 1.807) is 17.9 Å². The minimum Gasteiger partial charge on any atom is -0.343 e. The molecule has 11 nitrogen and oxygen atoms in total. The maximum absolute atomic E-state index is 15.8. The maximum atomic E-state index is 15.8. The quantitative estimate of drug-likeness (QED) is 0.246. The van der Waals surface area contributed by atoms with Gasteiger partial charge in [0.2, 0.25) is 17.7 Å². The summed E-state index contributed by atoms with van der Waals surface area (Å²) in [5, 5.41) is 12.3. The fraction of sp³-hybridized carbons (Fsp3) is 0.639. The Labute approximate surface area is 295 Å². The molecule has 4 amide bonds. The molecular formula is C36H49F4N7O4. The van der Waals surface area contributed by atoms with Gasteiger partial charge in [0.05, 0.1) is 12.1 Å². The number of piperazine rings is 1. The van der Waals surface area contributed by atoms with Crippen molar-refractivity contribution in [2.45, 2.75) is 96.6 Å². The van der Waals surface area contributed by atoms with Crippen LogP contribution in [-0.2, 0) is 20.9 Å². The van der Waals surface area contributed by atoms with Crippen LogP contribution in [0.15, 0.2) is 30.5 Å². The fourth-order valence-electron chi connectivity index (χ4n) is 7.12. The number of carbonyl (C=O) groups excluding carboxylic acids is 4. The molecule has 0 spiro atoms. The molecule has 15 heteroatoms. The second-order valence-corrected chi connectivity index (χ2v) is 14.6. The predicted molar refractivity (Wildman–Crippen MR) is 182 cm³/mol. The third kappa shape index (κ3) is 9.46. The van der Waals surface area contributed by atoms with E-state index in [0.29, 0.717) is 37.4 Å². The van der Waals surface area contributed by atoms with Crippen molar-refractivity contribution in [3.8, 4) is 0 Å². The van der Waals surface area contributed by atoms with E-state index in [1.165, 1.54) is 23.0 Å². The van der Waals surface area contributed by atoms with Gasteiger partial charge in [-0.2, -0.15) is 18.3 Å². The number of likely N-dealkylation sites (N-methyl/N-ethyl adjacent to an activating group) is 1. The molecule has 5 rings (SSSR count). The first-order chi connectivity index (χ1) is 24.1. The molecule has 2 saturated carbocycles. The van der Waals surface area contributed by atoms with Gasteiger partial charge in [-0.05, 0) is 88.1 Å². The van der Waals surface area contributed by atoms with Gasteiger partial charge in [-0.1, -0.05) is 19.9 Å². The summed E-state index contributed by atoms with van der Waals surface area (Å²) in [5.74, 6) is -5.00. The van der Waals surface area contributed by atoms with Gasteiger partial charge in [0.1, 0.15) is 23.6 Å². The lowest BCUT2D eigenvalue weighted by Gasteiger charge is -2.40. The molecule has 1 saturated heterocycles. The Morgan fingerprint density at radius 3 is 2.20 bits per heavy atom. The van der Waals surface area contributed by atoms with Crippen LogP contribution in [0.2, 0.25) is 0 Å². The van der Waals surface area contributed by atoms with Gasteiger partial charge in [-0.25, -0.2) is 4.39 Å². The molecule has 2 aromatic rings. The summed E-state index contributed by atoms with van der Waals surface area (Å²) in [7, 11) is 1.92. The second kappa shape index (κ2) is 15.7. The first-order valence-corrected chi connectivity index (χ1v) is 17.9. The van der Waals surface area contributed by atoms with E-state index < -0.39 is 66.0 Å².